The summed E-state index contributed by atoms with van der Waals surface area (Å²) in [4.78, 5) is 16.7. The second-order valence-corrected chi connectivity index (χ2v) is 7.58. The summed E-state index contributed by atoms with van der Waals surface area (Å²) in [6.07, 6.45) is -2.80. The number of halogens is 3. The van der Waals surface area contributed by atoms with Crippen molar-refractivity contribution in [3.05, 3.63) is 40.3 Å². The number of rotatable bonds is 4. The average molecular weight is 402 g/mol. The molecule has 2 fully saturated rings. The highest BCUT2D eigenvalue weighted by molar-refractivity contribution is 8.26. The Morgan fingerprint density at radius 3 is 2.42 bits per heavy atom. The molecular weight excluding hydrogens is 385 g/mol. The maximum absolute atomic E-state index is 12.6. The van der Waals surface area contributed by atoms with E-state index in [1.807, 2.05) is 0 Å². The third kappa shape index (κ3) is 4.64. The van der Waals surface area contributed by atoms with Crippen molar-refractivity contribution in [1.82, 2.24) is 9.80 Å². The highest BCUT2D eigenvalue weighted by atomic mass is 32.2. The number of carbonyl (C=O) groups excluding carboxylic acids is 1. The smallest absolute Gasteiger partial charge is 0.379 e. The minimum Gasteiger partial charge on any atom is -0.379 e. The van der Waals surface area contributed by atoms with Gasteiger partial charge in [-0.05, 0) is 23.8 Å². The van der Waals surface area contributed by atoms with Crippen molar-refractivity contribution in [3.8, 4) is 0 Å². The largest absolute Gasteiger partial charge is 0.416 e. The van der Waals surface area contributed by atoms with Crippen LogP contribution < -0.4 is 0 Å². The fourth-order valence-electron chi connectivity index (χ4n) is 2.68. The second-order valence-electron chi connectivity index (χ2n) is 5.91. The van der Waals surface area contributed by atoms with Crippen LogP contribution in [0.5, 0.6) is 0 Å². The number of thioether (sulfide) groups is 1. The molecule has 3 rings (SSSR count). The molecule has 2 aliphatic rings. The van der Waals surface area contributed by atoms with Gasteiger partial charge in [-0.15, -0.1) is 0 Å². The van der Waals surface area contributed by atoms with Crippen molar-refractivity contribution < 1.29 is 22.7 Å². The van der Waals surface area contributed by atoms with Crippen LogP contribution in [0, 0.1) is 0 Å². The van der Waals surface area contributed by atoms with E-state index in [4.69, 9.17) is 17.0 Å². The topological polar surface area (TPSA) is 32.8 Å². The van der Waals surface area contributed by atoms with Crippen LogP contribution in [0.4, 0.5) is 13.2 Å². The van der Waals surface area contributed by atoms with Crippen LogP contribution in [-0.2, 0) is 15.7 Å². The van der Waals surface area contributed by atoms with Gasteiger partial charge in [-0.3, -0.25) is 14.6 Å². The van der Waals surface area contributed by atoms with E-state index in [0.717, 1.165) is 25.2 Å². The molecule has 0 saturated carbocycles. The number of carbonyl (C=O) groups is 1. The first-order valence-electron chi connectivity index (χ1n) is 8.07. The van der Waals surface area contributed by atoms with E-state index in [1.165, 1.54) is 23.9 Å². The lowest BCUT2D eigenvalue weighted by atomic mass is 10.1. The standard InChI is InChI=1S/C17H17F3N2O2S2/c18-17(19,20)13-3-1-12(2-4-13)11-14-15(23)22(16(25)26-14)6-5-21-7-9-24-10-8-21/h1-4,11H,5-10H2. The average Bonchev–Trinajstić information content (AvgIpc) is 2.87. The molecule has 140 valence electrons. The van der Waals surface area contributed by atoms with Crippen molar-refractivity contribution in [2.75, 3.05) is 39.4 Å². The Labute approximate surface area is 159 Å². The van der Waals surface area contributed by atoms with Gasteiger partial charge in [-0.1, -0.05) is 36.1 Å². The quantitative estimate of drug-likeness (QED) is 0.570. The van der Waals surface area contributed by atoms with Crippen molar-refractivity contribution in [2.24, 2.45) is 0 Å². The fraction of sp³-hybridized carbons (Fsp3) is 0.412. The molecule has 0 aromatic heterocycles. The molecule has 2 heterocycles. The lowest BCUT2D eigenvalue weighted by Gasteiger charge is -2.28. The molecule has 26 heavy (non-hydrogen) atoms. The minimum atomic E-state index is -4.37. The van der Waals surface area contributed by atoms with E-state index < -0.39 is 11.7 Å². The predicted octanol–water partition coefficient (Wildman–Crippen LogP) is 3.24. The maximum Gasteiger partial charge on any atom is 0.416 e. The van der Waals surface area contributed by atoms with Crippen LogP contribution in [0.1, 0.15) is 11.1 Å². The molecule has 4 nitrogen and oxygen atoms in total. The minimum absolute atomic E-state index is 0.201. The number of ether oxygens (including phenoxy) is 1. The van der Waals surface area contributed by atoms with Gasteiger partial charge in [0.15, 0.2) is 0 Å². The fourth-order valence-corrected chi connectivity index (χ4v) is 3.99. The van der Waals surface area contributed by atoms with Crippen LogP contribution >= 0.6 is 24.0 Å². The van der Waals surface area contributed by atoms with Gasteiger partial charge in [0.1, 0.15) is 4.32 Å². The van der Waals surface area contributed by atoms with Gasteiger partial charge in [0, 0.05) is 26.2 Å². The number of nitrogens with zero attached hydrogens (tertiary/aromatic N) is 2. The molecule has 0 unspecified atom stereocenters. The Bertz CT molecular complexity index is 714. The van der Waals surface area contributed by atoms with E-state index in [9.17, 15) is 18.0 Å². The lowest BCUT2D eigenvalue weighted by Crippen LogP contribution is -2.42. The number of benzene rings is 1. The summed E-state index contributed by atoms with van der Waals surface area (Å²) in [5, 5.41) is 0. The molecule has 0 bridgehead atoms. The van der Waals surface area contributed by atoms with Gasteiger partial charge >= 0.3 is 6.18 Å². The van der Waals surface area contributed by atoms with Gasteiger partial charge in [0.2, 0.25) is 0 Å². The summed E-state index contributed by atoms with van der Waals surface area (Å²) in [5.41, 5.74) is -0.181. The third-order valence-corrected chi connectivity index (χ3v) is 5.53. The van der Waals surface area contributed by atoms with Gasteiger partial charge in [-0.2, -0.15) is 13.2 Å². The zero-order chi connectivity index (χ0) is 18.7. The Hall–Kier alpha value is -1.42. The monoisotopic (exact) mass is 402 g/mol. The van der Waals surface area contributed by atoms with Crippen LogP contribution in [0.15, 0.2) is 29.2 Å². The molecule has 0 aliphatic carbocycles. The highest BCUT2D eigenvalue weighted by Gasteiger charge is 2.33. The third-order valence-electron chi connectivity index (χ3n) is 4.15. The molecule has 1 aromatic carbocycles. The second kappa shape index (κ2) is 8.08. The molecule has 1 amide bonds. The SMILES string of the molecule is O=C1C(=Cc2ccc(C(F)(F)F)cc2)SC(=S)N1CCN1CCOCC1. The number of thiocarbonyl (C=S) groups is 1. The molecular formula is C17H17F3N2O2S2. The summed E-state index contributed by atoms with van der Waals surface area (Å²) >= 11 is 6.46. The summed E-state index contributed by atoms with van der Waals surface area (Å²) in [5.74, 6) is -0.201. The number of hydrogen-bond acceptors (Lipinski definition) is 5. The van der Waals surface area contributed by atoms with Crippen molar-refractivity contribution in [2.45, 2.75) is 6.18 Å². The van der Waals surface area contributed by atoms with Crippen LogP contribution in [0.3, 0.4) is 0 Å². The van der Waals surface area contributed by atoms with Gasteiger partial charge in [0.25, 0.3) is 5.91 Å². The summed E-state index contributed by atoms with van der Waals surface area (Å²) in [6.45, 7) is 4.24. The Morgan fingerprint density at radius 1 is 1.15 bits per heavy atom. The van der Waals surface area contributed by atoms with E-state index in [-0.39, 0.29) is 5.91 Å². The summed E-state index contributed by atoms with van der Waals surface area (Å²) in [7, 11) is 0. The van der Waals surface area contributed by atoms with Gasteiger partial charge in [0.05, 0.1) is 23.7 Å². The van der Waals surface area contributed by atoms with Crippen molar-refractivity contribution >= 4 is 40.3 Å². The molecule has 1 aromatic rings. The van der Waals surface area contributed by atoms with Gasteiger partial charge < -0.3 is 4.74 Å². The lowest BCUT2D eigenvalue weighted by molar-refractivity contribution is -0.137. The molecule has 0 radical (unpaired) electrons. The van der Waals surface area contributed by atoms with Crippen molar-refractivity contribution in [3.63, 3.8) is 0 Å². The molecule has 0 spiro atoms. The zero-order valence-electron chi connectivity index (χ0n) is 13.8. The maximum atomic E-state index is 12.6. The van der Waals surface area contributed by atoms with E-state index in [2.05, 4.69) is 4.90 Å². The molecule has 0 N–H and O–H groups in total. The van der Waals surface area contributed by atoms with E-state index in [0.29, 0.717) is 41.1 Å². The number of alkyl halides is 3. The Kier molecular flexibility index (Phi) is 6.01. The van der Waals surface area contributed by atoms with Crippen molar-refractivity contribution in [1.29, 1.82) is 0 Å². The number of amides is 1. The summed E-state index contributed by atoms with van der Waals surface area (Å²) in [6, 6.07) is 4.71. The Morgan fingerprint density at radius 2 is 1.81 bits per heavy atom. The normalized spacial score (nSPS) is 21.0. The number of morpholine rings is 1. The molecule has 2 aliphatic heterocycles. The first-order valence-corrected chi connectivity index (χ1v) is 9.30. The molecule has 0 atom stereocenters. The van der Waals surface area contributed by atoms with E-state index in [1.54, 1.807) is 11.0 Å². The molecule has 9 heteroatoms. The number of hydrogen-bond donors (Lipinski definition) is 0. The van der Waals surface area contributed by atoms with Crippen LogP contribution in [0.25, 0.3) is 6.08 Å². The summed E-state index contributed by atoms with van der Waals surface area (Å²) < 4.78 is 43.6. The van der Waals surface area contributed by atoms with Crippen LogP contribution in [-0.4, -0.2) is 59.4 Å². The van der Waals surface area contributed by atoms with Crippen LogP contribution in [0.2, 0.25) is 0 Å². The highest BCUT2D eigenvalue weighted by Crippen LogP contribution is 2.33. The first-order chi connectivity index (χ1) is 12.3. The Balaban J connectivity index is 1.64. The van der Waals surface area contributed by atoms with Gasteiger partial charge in [-0.25, -0.2) is 0 Å². The first kappa shape index (κ1) is 19.3. The predicted molar refractivity (Wildman–Crippen MR) is 98.6 cm³/mol. The van der Waals surface area contributed by atoms with E-state index >= 15 is 0 Å². The zero-order valence-corrected chi connectivity index (χ0v) is 15.4. The molecule has 2 saturated heterocycles.